The minimum atomic E-state index is -3.76. The predicted molar refractivity (Wildman–Crippen MR) is 133 cm³/mol. The van der Waals surface area contributed by atoms with Crippen LogP contribution in [0.3, 0.4) is 0 Å². The molecule has 9 nitrogen and oxygen atoms in total. The molecule has 0 saturated heterocycles. The van der Waals surface area contributed by atoms with Crippen LogP contribution in [-0.2, 0) is 24.3 Å². The molecule has 10 heteroatoms. The van der Waals surface area contributed by atoms with Gasteiger partial charge in [0.05, 0.1) is 16.1 Å². The summed E-state index contributed by atoms with van der Waals surface area (Å²) >= 11 is 0. The van der Waals surface area contributed by atoms with E-state index in [0.29, 0.717) is 17.1 Å². The standard InChI is InChI=1S/C25H25N3O6S/c1-17-4-14-23(15-5-17)35(32,33)28(3)22-12-6-19(7-13-22)25(31)34-16-24(30)27-21-10-8-20(9-11-21)26-18(2)29/h4-15H,16H2,1-3H3,(H,26,29)(H,27,30). The number of hydrogen-bond acceptors (Lipinski definition) is 6. The first-order valence-electron chi connectivity index (χ1n) is 10.6. The van der Waals surface area contributed by atoms with Gasteiger partial charge in [-0.15, -0.1) is 0 Å². The van der Waals surface area contributed by atoms with Crippen molar-refractivity contribution < 1.29 is 27.5 Å². The molecule has 0 heterocycles. The van der Waals surface area contributed by atoms with Crippen LogP contribution in [0.25, 0.3) is 0 Å². The van der Waals surface area contributed by atoms with Gasteiger partial charge in [-0.1, -0.05) is 17.7 Å². The number of carbonyl (C=O) groups is 3. The van der Waals surface area contributed by atoms with E-state index in [1.54, 1.807) is 36.4 Å². The molecular formula is C25H25N3O6S. The number of carbonyl (C=O) groups excluding carboxylic acids is 3. The molecule has 0 aliphatic rings. The SMILES string of the molecule is CC(=O)Nc1ccc(NC(=O)COC(=O)c2ccc(N(C)S(=O)(=O)c3ccc(C)cc3)cc2)cc1. The molecule has 0 bridgehead atoms. The van der Waals surface area contributed by atoms with E-state index in [1.807, 2.05) is 6.92 Å². The van der Waals surface area contributed by atoms with Gasteiger partial charge >= 0.3 is 5.97 Å². The number of benzene rings is 3. The van der Waals surface area contributed by atoms with E-state index in [1.165, 1.54) is 50.4 Å². The van der Waals surface area contributed by atoms with Crippen LogP contribution >= 0.6 is 0 Å². The first kappa shape index (κ1) is 25.4. The third kappa shape index (κ3) is 6.67. The summed E-state index contributed by atoms with van der Waals surface area (Å²) in [6, 6.07) is 18.8. The van der Waals surface area contributed by atoms with Gasteiger partial charge in [0.25, 0.3) is 15.9 Å². The Hall–Kier alpha value is -4.18. The molecule has 3 rings (SSSR count). The Morgan fingerprint density at radius 1 is 0.829 bits per heavy atom. The van der Waals surface area contributed by atoms with Crippen molar-refractivity contribution in [2.75, 3.05) is 28.6 Å². The number of nitrogens with zero attached hydrogens (tertiary/aromatic N) is 1. The molecule has 182 valence electrons. The smallest absolute Gasteiger partial charge is 0.338 e. The first-order chi connectivity index (χ1) is 16.6. The molecule has 35 heavy (non-hydrogen) atoms. The molecule has 2 N–H and O–H groups in total. The fourth-order valence-electron chi connectivity index (χ4n) is 3.07. The molecule has 0 fully saturated rings. The highest BCUT2D eigenvalue weighted by Gasteiger charge is 2.21. The van der Waals surface area contributed by atoms with Gasteiger partial charge in [0.15, 0.2) is 6.61 Å². The molecule has 0 saturated carbocycles. The molecule has 0 aromatic heterocycles. The summed E-state index contributed by atoms with van der Waals surface area (Å²) < 4.78 is 31.8. The highest BCUT2D eigenvalue weighted by Crippen LogP contribution is 2.23. The zero-order valence-electron chi connectivity index (χ0n) is 19.4. The number of aryl methyl sites for hydroxylation is 1. The number of sulfonamides is 1. The minimum Gasteiger partial charge on any atom is -0.452 e. The normalized spacial score (nSPS) is 10.8. The number of anilines is 3. The Kier molecular flexibility index (Phi) is 7.87. The van der Waals surface area contributed by atoms with Gasteiger partial charge in [-0.2, -0.15) is 0 Å². The van der Waals surface area contributed by atoms with Crippen molar-refractivity contribution in [2.24, 2.45) is 0 Å². The van der Waals surface area contributed by atoms with Gasteiger partial charge in [0.2, 0.25) is 5.91 Å². The van der Waals surface area contributed by atoms with E-state index in [4.69, 9.17) is 4.74 Å². The Morgan fingerprint density at radius 3 is 1.91 bits per heavy atom. The molecule has 0 spiro atoms. The average molecular weight is 496 g/mol. The van der Waals surface area contributed by atoms with E-state index in [0.717, 1.165) is 9.87 Å². The third-order valence-corrected chi connectivity index (χ3v) is 6.77. The topological polar surface area (TPSA) is 122 Å². The Labute approximate surface area is 203 Å². The van der Waals surface area contributed by atoms with Crippen LogP contribution in [0.1, 0.15) is 22.8 Å². The fourth-order valence-corrected chi connectivity index (χ4v) is 4.26. The molecule has 0 atom stereocenters. The lowest BCUT2D eigenvalue weighted by atomic mass is 10.2. The second kappa shape index (κ2) is 10.8. The Bertz CT molecular complexity index is 1320. The lowest BCUT2D eigenvalue weighted by Crippen LogP contribution is -2.26. The second-order valence-corrected chi connectivity index (χ2v) is 9.68. The van der Waals surface area contributed by atoms with E-state index >= 15 is 0 Å². The van der Waals surface area contributed by atoms with Gasteiger partial charge in [-0.05, 0) is 67.6 Å². The summed E-state index contributed by atoms with van der Waals surface area (Å²) in [4.78, 5) is 35.6. The molecule has 0 radical (unpaired) electrons. The molecule has 0 aliphatic carbocycles. The zero-order chi connectivity index (χ0) is 25.6. The van der Waals surface area contributed by atoms with E-state index < -0.39 is 28.5 Å². The lowest BCUT2D eigenvalue weighted by Gasteiger charge is -2.19. The van der Waals surface area contributed by atoms with Gasteiger partial charge in [0.1, 0.15) is 0 Å². The molecule has 3 aromatic rings. The minimum absolute atomic E-state index is 0.157. The van der Waals surface area contributed by atoms with Crippen molar-refractivity contribution in [3.8, 4) is 0 Å². The van der Waals surface area contributed by atoms with Crippen LogP contribution < -0.4 is 14.9 Å². The highest BCUT2D eigenvalue weighted by molar-refractivity contribution is 7.92. The predicted octanol–water partition coefficient (Wildman–Crippen LogP) is 3.57. The first-order valence-corrected chi connectivity index (χ1v) is 12.0. The fraction of sp³-hybridized carbons (Fsp3) is 0.160. The maximum Gasteiger partial charge on any atom is 0.338 e. The van der Waals surface area contributed by atoms with Crippen LogP contribution in [0.4, 0.5) is 17.1 Å². The summed E-state index contributed by atoms with van der Waals surface area (Å²) in [6.07, 6.45) is 0. The summed E-state index contributed by atoms with van der Waals surface area (Å²) in [5.41, 5.74) is 2.54. The molecule has 0 unspecified atom stereocenters. The van der Waals surface area contributed by atoms with E-state index in [2.05, 4.69) is 10.6 Å². The van der Waals surface area contributed by atoms with Gasteiger partial charge in [0, 0.05) is 25.3 Å². The van der Waals surface area contributed by atoms with Crippen LogP contribution in [0.15, 0.2) is 77.7 Å². The highest BCUT2D eigenvalue weighted by atomic mass is 32.2. The summed E-state index contributed by atoms with van der Waals surface area (Å²) in [5.74, 6) is -1.47. The van der Waals surface area contributed by atoms with E-state index in [9.17, 15) is 22.8 Å². The van der Waals surface area contributed by atoms with Crippen molar-refractivity contribution in [1.82, 2.24) is 0 Å². The Morgan fingerprint density at radius 2 is 1.37 bits per heavy atom. The number of rotatable bonds is 8. The molecular weight excluding hydrogens is 470 g/mol. The van der Waals surface area contributed by atoms with Crippen molar-refractivity contribution in [3.05, 3.63) is 83.9 Å². The van der Waals surface area contributed by atoms with Crippen molar-refractivity contribution in [1.29, 1.82) is 0 Å². The number of nitrogens with one attached hydrogen (secondary N) is 2. The monoisotopic (exact) mass is 495 g/mol. The van der Waals surface area contributed by atoms with Gasteiger partial charge < -0.3 is 15.4 Å². The van der Waals surface area contributed by atoms with Gasteiger partial charge in [-0.3, -0.25) is 13.9 Å². The van der Waals surface area contributed by atoms with Crippen molar-refractivity contribution in [2.45, 2.75) is 18.7 Å². The number of amides is 2. The number of ether oxygens (including phenoxy) is 1. The van der Waals surface area contributed by atoms with Crippen molar-refractivity contribution >= 4 is 44.9 Å². The number of esters is 1. The quantitative estimate of drug-likeness (QED) is 0.461. The lowest BCUT2D eigenvalue weighted by molar-refractivity contribution is -0.119. The zero-order valence-corrected chi connectivity index (χ0v) is 20.3. The van der Waals surface area contributed by atoms with Crippen molar-refractivity contribution in [3.63, 3.8) is 0 Å². The molecule has 3 aromatic carbocycles. The van der Waals surface area contributed by atoms with E-state index in [-0.39, 0.29) is 16.4 Å². The molecule has 0 aliphatic heterocycles. The van der Waals surface area contributed by atoms with Crippen LogP contribution in [0, 0.1) is 6.92 Å². The van der Waals surface area contributed by atoms with Crippen LogP contribution in [0.2, 0.25) is 0 Å². The second-order valence-electron chi connectivity index (χ2n) is 7.72. The molecule has 2 amide bonds. The summed E-state index contributed by atoms with van der Waals surface area (Å²) in [6.45, 7) is 2.76. The largest absolute Gasteiger partial charge is 0.452 e. The number of hydrogen-bond donors (Lipinski definition) is 2. The van der Waals surface area contributed by atoms with Crippen LogP contribution in [0.5, 0.6) is 0 Å². The van der Waals surface area contributed by atoms with Crippen LogP contribution in [-0.4, -0.2) is 39.9 Å². The average Bonchev–Trinajstić information content (AvgIpc) is 2.83. The maximum atomic E-state index is 12.8. The summed E-state index contributed by atoms with van der Waals surface area (Å²) in [7, 11) is -2.33. The maximum absolute atomic E-state index is 12.8. The summed E-state index contributed by atoms with van der Waals surface area (Å²) in [5, 5.41) is 5.20. The third-order valence-electron chi connectivity index (χ3n) is 4.97. The van der Waals surface area contributed by atoms with Gasteiger partial charge in [-0.25, -0.2) is 13.2 Å². The Balaban J connectivity index is 1.56.